The predicted molar refractivity (Wildman–Crippen MR) is 99.2 cm³/mol. The fourth-order valence-corrected chi connectivity index (χ4v) is 2.89. The monoisotopic (exact) mass is 340 g/mol. The zero-order valence-corrected chi connectivity index (χ0v) is 15.2. The fraction of sp³-hybridized carbons (Fsp3) is 0.368. The maximum Gasteiger partial charge on any atom is 0.126 e. The molecule has 0 aliphatic rings. The second-order valence-corrected chi connectivity index (χ2v) is 5.97. The second kappa shape index (κ2) is 7.53. The summed E-state index contributed by atoms with van der Waals surface area (Å²) in [6.45, 7) is 6.24. The molecule has 6 nitrogen and oxygen atoms in total. The minimum atomic E-state index is 0.657. The Hall–Kier alpha value is -2.60. The molecule has 0 unspecified atom stereocenters. The van der Waals surface area contributed by atoms with E-state index < -0.39 is 0 Å². The summed E-state index contributed by atoms with van der Waals surface area (Å²) in [5, 5.41) is 9.06. The standard InChI is InChI=1S/C19H24N4O2/c1-13-17(14(2)23(22-13)9-10-24-3)12-20-19-8-5-15-11-16(25-4)6-7-18(15)21-19/h5-8,11H,9-10,12H2,1-4H3,(H,20,21). The number of hydrogen-bond donors (Lipinski definition) is 1. The molecule has 1 aromatic carbocycles. The van der Waals surface area contributed by atoms with Gasteiger partial charge in [-0.3, -0.25) is 4.68 Å². The van der Waals surface area contributed by atoms with E-state index in [2.05, 4.69) is 28.4 Å². The van der Waals surface area contributed by atoms with Crippen LogP contribution in [-0.4, -0.2) is 35.6 Å². The first kappa shape index (κ1) is 17.2. The van der Waals surface area contributed by atoms with E-state index in [1.54, 1.807) is 14.2 Å². The van der Waals surface area contributed by atoms with Crippen molar-refractivity contribution in [2.45, 2.75) is 26.9 Å². The number of benzene rings is 1. The van der Waals surface area contributed by atoms with E-state index in [0.29, 0.717) is 13.2 Å². The molecule has 0 atom stereocenters. The van der Waals surface area contributed by atoms with Gasteiger partial charge >= 0.3 is 0 Å². The van der Waals surface area contributed by atoms with Crippen LogP contribution in [0.15, 0.2) is 30.3 Å². The van der Waals surface area contributed by atoms with Crippen molar-refractivity contribution in [3.63, 3.8) is 0 Å². The first-order chi connectivity index (χ1) is 12.1. The van der Waals surface area contributed by atoms with Crippen molar-refractivity contribution >= 4 is 16.7 Å². The minimum Gasteiger partial charge on any atom is -0.497 e. The number of nitrogens with one attached hydrogen (secondary N) is 1. The molecule has 1 N–H and O–H groups in total. The van der Waals surface area contributed by atoms with Crippen molar-refractivity contribution < 1.29 is 9.47 Å². The van der Waals surface area contributed by atoms with Crippen LogP contribution in [0.1, 0.15) is 17.0 Å². The molecule has 0 saturated carbocycles. The number of anilines is 1. The van der Waals surface area contributed by atoms with Crippen LogP contribution in [0.3, 0.4) is 0 Å². The van der Waals surface area contributed by atoms with Crippen LogP contribution in [0.4, 0.5) is 5.82 Å². The molecule has 0 bridgehead atoms. The molecule has 0 spiro atoms. The average molecular weight is 340 g/mol. The number of hydrogen-bond acceptors (Lipinski definition) is 5. The molecule has 25 heavy (non-hydrogen) atoms. The normalized spacial score (nSPS) is 11.0. The molecule has 6 heteroatoms. The Bertz CT molecular complexity index is 873. The number of rotatable bonds is 7. The molecule has 0 radical (unpaired) electrons. The van der Waals surface area contributed by atoms with E-state index in [9.17, 15) is 0 Å². The van der Waals surface area contributed by atoms with Crippen molar-refractivity contribution in [2.75, 3.05) is 26.1 Å². The Balaban J connectivity index is 1.75. The third-order valence-corrected chi connectivity index (χ3v) is 4.38. The number of fused-ring (bicyclic) bond motifs is 1. The molecule has 3 rings (SSSR count). The quantitative estimate of drug-likeness (QED) is 0.715. The van der Waals surface area contributed by atoms with Crippen LogP contribution in [-0.2, 0) is 17.8 Å². The molecule has 3 aromatic rings. The van der Waals surface area contributed by atoms with Crippen LogP contribution in [0.5, 0.6) is 5.75 Å². The Kier molecular flexibility index (Phi) is 5.19. The highest BCUT2D eigenvalue weighted by Crippen LogP contribution is 2.22. The van der Waals surface area contributed by atoms with Crippen LogP contribution in [0.25, 0.3) is 10.9 Å². The van der Waals surface area contributed by atoms with Crippen LogP contribution >= 0.6 is 0 Å². The number of aryl methyl sites for hydroxylation is 1. The zero-order valence-electron chi connectivity index (χ0n) is 15.2. The molecule has 0 fully saturated rings. The largest absolute Gasteiger partial charge is 0.497 e. The number of pyridine rings is 1. The molecule has 2 aromatic heterocycles. The van der Waals surface area contributed by atoms with E-state index in [4.69, 9.17) is 9.47 Å². The predicted octanol–water partition coefficient (Wildman–Crippen LogP) is 3.32. The van der Waals surface area contributed by atoms with E-state index in [-0.39, 0.29) is 0 Å². The van der Waals surface area contributed by atoms with Gasteiger partial charge in [-0.25, -0.2) is 4.98 Å². The van der Waals surface area contributed by atoms with Gasteiger partial charge in [-0.05, 0) is 44.2 Å². The Morgan fingerprint density at radius 2 is 1.96 bits per heavy atom. The Labute approximate surface area is 147 Å². The summed E-state index contributed by atoms with van der Waals surface area (Å²) in [5.41, 5.74) is 4.34. The van der Waals surface area contributed by atoms with Gasteiger partial charge in [0.2, 0.25) is 0 Å². The van der Waals surface area contributed by atoms with E-state index in [1.807, 2.05) is 35.9 Å². The van der Waals surface area contributed by atoms with Gasteiger partial charge in [0.05, 0.1) is 31.5 Å². The summed E-state index contributed by atoms with van der Waals surface area (Å²) < 4.78 is 12.4. The molecule has 0 aliphatic carbocycles. The van der Waals surface area contributed by atoms with Crippen molar-refractivity contribution in [3.8, 4) is 5.75 Å². The van der Waals surface area contributed by atoms with Gasteiger partial charge < -0.3 is 14.8 Å². The lowest BCUT2D eigenvalue weighted by Crippen LogP contribution is -2.08. The van der Waals surface area contributed by atoms with Gasteiger partial charge in [-0.15, -0.1) is 0 Å². The molecule has 2 heterocycles. The maximum absolute atomic E-state index is 5.25. The van der Waals surface area contributed by atoms with Crippen molar-refractivity contribution in [2.24, 2.45) is 0 Å². The summed E-state index contributed by atoms with van der Waals surface area (Å²) in [6, 6.07) is 9.92. The highest BCUT2D eigenvalue weighted by atomic mass is 16.5. The third kappa shape index (κ3) is 3.74. The number of nitrogens with zero attached hydrogens (tertiary/aromatic N) is 3. The summed E-state index contributed by atoms with van der Waals surface area (Å²) in [6.07, 6.45) is 0. The average Bonchev–Trinajstić information content (AvgIpc) is 2.90. The van der Waals surface area contributed by atoms with E-state index in [0.717, 1.165) is 40.4 Å². The highest BCUT2D eigenvalue weighted by molar-refractivity contribution is 5.81. The first-order valence-electron chi connectivity index (χ1n) is 8.33. The molecule has 0 saturated heterocycles. The minimum absolute atomic E-state index is 0.657. The third-order valence-electron chi connectivity index (χ3n) is 4.38. The van der Waals surface area contributed by atoms with Gasteiger partial charge in [-0.1, -0.05) is 0 Å². The lowest BCUT2D eigenvalue weighted by atomic mass is 10.2. The smallest absolute Gasteiger partial charge is 0.126 e. The molecular weight excluding hydrogens is 316 g/mol. The summed E-state index contributed by atoms with van der Waals surface area (Å²) in [5.74, 6) is 1.69. The summed E-state index contributed by atoms with van der Waals surface area (Å²) in [7, 11) is 3.37. The highest BCUT2D eigenvalue weighted by Gasteiger charge is 2.11. The van der Waals surface area contributed by atoms with Gasteiger partial charge in [0, 0.05) is 30.3 Å². The van der Waals surface area contributed by atoms with Crippen molar-refractivity contribution in [3.05, 3.63) is 47.3 Å². The molecule has 132 valence electrons. The SMILES string of the molecule is COCCn1nc(C)c(CNc2ccc3cc(OC)ccc3n2)c1C. The molecular formula is C19H24N4O2. The summed E-state index contributed by atoms with van der Waals surface area (Å²) in [4.78, 5) is 4.67. The van der Waals surface area contributed by atoms with Crippen molar-refractivity contribution in [1.82, 2.24) is 14.8 Å². The van der Waals surface area contributed by atoms with Gasteiger partial charge in [0.15, 0.2) is 0 Å². The number of ether oxygens (including phenoxy) is 2. The van der Waals surface area contributed by atoms with Crippen LogP contribution < -0.4 is 10.1 Å². The van der Waals surface area contributed by atoms with Gasteiger partial charge in [0.1, 0.15) is 11.6 Å². The van der Waals surface area contributed by atoms with Crippen LogP contribution in [0.2, 0.25) is 0 Å². The lowest BCUT2D eigenvalue weighted by molar-refractivity contribution is 0.182. The van der Waals surface area contributed by atoms with Crippen LogP contribution in [0, 0.1) is 13.8 Å². The van der Waals surface area contributed by atoms with Crippen molar-refractivity contribution in [1.29, 1.82) is 0 Å². The topological polar surface area (TPSA) is 61.2 Å². The molecule has 0 aliphatic heterocycles. The van der Waals surface area contributed by atoms with E-state index >= 15 is 0 Å². The lowest BCUT2D eigenvalue weighted by Gasteiger charge is -2.09. The van der Waals surface area contributed by atoms with Gasteiger partial charge in [0.25, 0.3) is 0 Å². The second-order valence-electron chi connectivity index (χ2n) is 5.97. The number of aromatic nitrogens is 3. The maximum atomic E-state index is 5.25. The fourth-order valence-electron chi connectivity index (χ4n) is 2.89. The Morgan fingerprint density at radius 1 is 1.12 bits per heavy atom. The van der Waals surface area contributed by atoms with E-state index in [1.165, 1.54) is 5.56 Å². The first-order valence-corrected chi connectivity index (χ1v) is 8.33. The zero-order chi connectivity index (χ0) is 17.8. The van der Waals surface area contributed by atoms with Gasteiger partial charge in [-0.2, -0.15) is 5.10 Å². The number of methoxy groups -OCH3 is 2. The summed E-state index contributed by atoms with van der Waals surface area (Å²) >= 11 is 0. The molecule has 0 amide bonds. The Morgan fingerprint density at radius 3 is 2.72 bits per heavy atom.